The van der Waals surface area contributed by atoms with Gasteiger partial charge >= 0.3 is 33.7 Å². The number of rotatable bonds is 5. The second-order valence-corrected chi connectivity index (χ2v) is 6.67. The molecular formula is C19H40O8Ti. The van der Waals surface area contributed by atoms with E-state index in [-0.39, 0.29) is 40.0 Å². The van der Waals surface area contributed by atoms with Crippen LogP contribution in [0.15, 0.2) is 0 Å². The van der Waals surface area contributed by atoms with Gasteiger partial charge < -0.3 is 43.7 Å². The maximum absolute atomic E-state index is 10.4. The Balaban J connectivity index is -0.0000000875. The molecule has 0 aliphatic carbocycles. The summed E-state index contributed by atoms with van der Waals surface area (Å²) in [5, 5.41) is 33.2. The first-order valence-electron chi connectivity index (χ1n) is 8.80. The molecule has 28 heavy (non-hydrogen) atoms. The smallest absolute Gasteiger partial charge is 0.463 e. The Morgan fingerprint density at radius 3 is 0.964 bits per heavy atom. The summed E-state index contributed by atoms with van der Waals surface area (Å²) in [4.78, 5) is 20.8. The van der Waals surface area contributed by atoms with Crippen LogP contribution in [0.3, 0.4) is 0 Å². The van der Waals surface area contributed by atoms with Gasteiger partial charge in [-0.3, -0.25) is 9.59 Å². The normalized spacial score (nSPS) is 11.6. The molecule has 0 saturated heterocycles. The Hall–Kier alpha value is -0.506. The minimum absolute atomic E-state index is 0. The van der Waals surface area contributed by atoms with Crippen molar-refractivity contribution in [2.75, 3.05) is 6.61 Å². The summed E-state index contributed by atoms with van der Waals surface area (Å²) >= 11 is 0. The molecule has 9 heteroatoms. The minimum atomic E-state index is -1.26. The third-order valence-electron chi connectivity index (χ3n) is 1.61. The molecule has 0 aliphatic rings. The van der Waals surface area contributed by atoms with E-state index < -0.39 is 24.1 Å². The second kappa shape index (κ2) is 24.5. The summed E-state index contributed by atoms with van der Waals surface area (Å²) in [6.45, 7) is 20.7. The van der Waals surface area contributed by atoms with Crippen LogP contribution < -0.4 is 0 Å². The number of ether oxygens (including phenoxy) is 2. The summed E-state index contributed by atoms with van der Waals surface area (Å²) in [6, 6.07) is 0. The Bertz CT molecular complexity index is 314. The van der Waals surface area contributed by atoms with E-state index in [1.54, 1.807) is 41.5 Å². The zero-order valence-corrected chi connectivity index (χ0v) is 20.1. The first-order chi connectivity index (χ1) is 12.1. The largest absolute Gasteiger partial charge is 2.00 e. The van der Waals surface area contributed by atoms with E-state index in [4.69, 9.17) is 20.4 Å². The van der Waals surface area contributed by atoms with Crippen LogP contribution in [0.5, 0.6) is 0 Å². The van der Waals surface area contributed by atoms with Gasteiger partial charge in [-0.25, -0.2) is 0 Å². The van der Waals surface area contributed by atoms with E-state index in [0.717, 1.165) is 0 Å². The maximum atomic E-state index is 10.4. The number of carbonyl (C=O) groups excluding carboxylic acids is 2. The summed E-state index contributed by atoms with van der Waals surface area (Å²) in [5.41, 5.74) is 0. The molecule has 168 valence electrons. The Labute approximate surface area is 185 Å². The van der Waals surface area contributed by atoms with Crippen LogP contribution >= 0.6 is 0 Å². The fourth-order valence-electron chi connectivity index (χ4n) is 0.622. The van der Waals surface area contributed by atoms with Gasteiger partial charge in [0.2, 0.25) is 0 Å². The van der Waals surface area contributed by atoms with Crippen molar-refractivity contribution in [2.45, 2.75) is 85.9 Å². The molecule has 0 aromatic heterocycles. The number of aliphatic hydroxyl groups excluding tert-OH is 4. The molecule has 0 aliphatic heterocycles. The van der Waals surface area contributed by atoms with Crippen LogP contribution in [0.1, 0.15) is 55.4 Å². The molecule has 0 heterocycles. The zero-order valence-electron chi connectivity index (χ0n) is 18.5. The average Bonchev–Trinajstić information content (AvgIpc) is 2.46. The quantitative estimate of drug-likeness (QED) is 0.283. The summed E-state index contributed by atoms with van der Waals surface area (Å²) in [5.74, 6) is -0.912. The predicted octanol–water partition coefficient (Wildman–Crippen LogP) is 1.29. The monoisotopic (exact) mass is 444 g/mol. The molecule has 0 aromatic carbocycles. The molecule has 2 atom stereocenters. The molecule has 0 fully saturated rings. The van der Waals surface area contributed by atoms with Gasteiger partial charge in [-0.05, 0) is 47.5 Å². The Morgan fingerprint density at radius 2 is 0.929 bits per heavy atom. The molecule has 0 bridgehead atoms. The zero-order chi connectivity index (χ0) is 22.7. The Kier molecular flexibility index (Phi) is 33.4. The molecule has 0 saturated carbocycles. The fourth-order valence-corrected chi connectivity index (χ4v) is 0.622. The molecule has 0 rings (SSSR count). The van der Waals surface area contributed by atoms with Gasteiger partial charge in [-0.1, -0.05) is 13.8 Å². The van der Waals surface area contributed by atoms with Gasteiger partial charge in [0, 0.05) is 24.9 Å². The molecule has 0 radical (unpaired) electrons. The van der Waals surface area contributed by atoms with Crippen molar-refractivity contribution >= 4 is 11.9 Å². The first kappa shape index (κ1) is 38.1. The first-order valence-corrected chi connectivity index (χ1v) is 8.80. The number of hydrogen-bond acceptors (Lipinski definition) is 8. The predicted molar refractivity (Wildman–Crippen MR) is 104 cm³/mol. The number of esters is 2. The van der Waals surface area contributed by atoms with E-state index in [2.05, 4.69) is 23.3 Å². The molecule has 2 unspecified atom stereocenters. The van der Waals surface area contributed by atoms with E-state index in [1.165, 1.54) is 0 Å². The SMILES string of the molecule is CC(C)CO.CC(C)O.[CH2-]C(O)C(=O)OC(C)C.[CH2-]C(O)C(=O)OC(C)C.[Ti+2]. The van der Waals surface area contributed by atoms with Crippen LogP contribution in [-0.4, -0.2) is 69.5 Å². The van der Waals surface area contributed by atoms with E-state index in [0.29, 0.717) is 12.5 Å². The molecule has 8 nitrogen and oxygen atoms in total. The third-order valence-corrected chi connectivity index (χ3v) is 1.61. The number of carbonyl (C=O) groups is 2. The second-order valence-electron chi connectivity index (χ2n) is 6.67. The van der Waals surface area contributed by atoms with Crippen molar-refractivity contribution in [3.05, 3.63) is 13.8 Å². The number of aliphatic hydroxyl groups is 4. The van der Waals surface area contributed by atoms with Gasteiger partial charge in [0.05, 0.1) is 12.2 Å². The number of hydrogen-bond donors (Lipinski definition) is 4. The van der Waals surface area contributed by atoms with Gasteiger partial charge in [-0.2, -0.15) is 0 Å². The van der Waals surface area contributed by atoms with Crippen LogP contribution in [-0.2, 0) is 40.8 Å². The topological polar surface area (TPSA) is 134 Å². The van der Waals surface area contributed by atoms with E-state index in [9.17, 15) is 9.59 Å². The fraction of sp³-hybridized carbons (Fsp3) is 0.789. The van der Waals surface area contributed by atoms with Gasteiger partial charge in [-0.15, -0.1) is 0 Å². The van der Waals surface area contributed by atoms with E-state index >= 15 is 0 Å². The molecule has 0 spiro atoms. The van der Waals surface area contributed by atoms with Crippen molar-refractivity contribution in [1.82, 2.24) is 0 Å². The molecule has 0 aromatic rings. The van der Waals surface area contributed by atoms with Crippen LogP contribution in [0.25, 0.3) is 0 Å². The van der Waals surface area contributed by atoms with Crippen molar-refractivity contribution in [3.63, 3.8) is 0 Å². The molecule has 4 N–H and O–H groups in total. The van der Waals surface area contributed by atoms with Crippen molar-refractivity contribution in [1.29, 1.82) is 0 Å². The van der Waals surface area contributed by atoms with Gasteiger partial charge in [0.15, 0.2) is 0 Å². The standard InChI is InChI=1S/2C6H11O3.C4H10O.C3H8O.Ti/c2*1-4(2)9-6(8)5(3)7;1-4(2)3-5;1-3(2)4;/h2*4-5,7H,3H2,1-2H3;4-5H,3H2,1-2H3;3-4H,1-2H3;/q2*-1;;;+2. The van der Waals surface area contributed by atoms with Crippen molar-refractivity contribution < 1.29 is 61.2 Å². The Morgan fingerprint density at radius 1 is 0.750 bits per heavy atom. The van der Waals surface area contributed by atoms with Crippen LogP contribution in [0, 0.1) is 19.8 Å². The van der Waals surface area contributed by atoms with Crippen molar-refractivity contribution in [2.24, 2.45) is 5.92 Å². The van der Waals surface area contributed by atoms with Crippen LogP contribution in [0.2, 0.25) is 0 Å². The molecular weight excluding hydrogens is 404 g/mol. The molecule has 0 amide bonds. The van der Waals surface area contributed by atoms with Crippen molar-refractivity contribution in [3.8, 4) is 0 Å². The summed E-state index contributed by atoms with van der Waals surface area (Å²) in [7, 11) is 0. The average molecular weight is 444 g/mol. The summed E-state index contributed by atoms with van der Waals surface area (Å²) in [6.07, 6.45) is -3.05. The van der Waals surface area contributed by atoms with Gasteiger partial charge in [0.25, 0.3) is 0 Å². The maximum Gasteiger partial charge on any atom is 2.00 e. The van der Waals surface area contributed by atoms with E-state index in [1.807, 2.05) is 13.8 Å². The van der Waals surface area contributed by atoms with Crippen LogP contribution in [0.4, 0.5) is 0 Å². The minimum Gasteiger partial charge on any atom is -0.463 e. The van der Waals surface area contributed by atoms with Gasteiger partial charge in [0.1, 0.15) is 0 Å². The third kappa shape index (κ3) is 50.0. The summed E-state index contributed by atoms with van der Waals surface area (Å²) < 4.78 is 9.12.